The molecule has 1 aliphatic heterocycles. The highest BCUT2D eigenvalue weighted by Crippen LogP contribution is 2.43. The largest absolute Gasteiger partial charge is 0.503 e. The molecular weight excluding hydrogens is 338 g/mol. The van der Waals surface area contributed by atoms with Gasteiger partial charge < -0.3 is 5.11 Å². The number of aliphatic hydroxyl groups is 1. The zero-order valence-corrected chi connectivity index (χ0v) is 14.7. The summed E-state index contributed by atoms with van der Waals surface area (Å²) >= 11 is 6.22. The van der Waals surface area contributed by atoms with E-state index in [1.807, 2.05) is 37.3 Å². The normalized spacial score (nSPS) is 17.3. The third-order valence-corrected chi connectivity index (χ3v) is 4.85. The number of nitrogens with zero attached hydrogens (tertiary/aromatic N) is 1. The maximum atomic E-state index is 12.8. The molecule has 5 heteroatoms. The summed E-state index contributed by atoms with van der Waals surface area (Å²) in [6, 6.07) is 13.8. The van der Waals surface area contributed by atoms with Gasteiger partial charge in [-0.15, -0.1) is 0 Å². The Kier molecular flexibility index (Phi) is 4.64. The Balaban J connectivity index is 2.23. The lowest BCUT2D eigenvalue weighted by Gasteiger charge is -2.28. The van der Waals surface area contributed by atoms with Crippen LogP contribution in [0.3, 0.4) is 0 Å². The van der Waals surface area contributed by atoms with E-state index in [2.05, 4.69) is 0 Å². The summed E-state index contributed by atoms with van der Waals surface area (Å²) in [5, 5.41) is 10.9. The quantitative estimate of drug-likeness (QED) is 0.876. The number of Topliss-reactive ketones (excluding diaryl/α,β-unsaturated/α-hetero) is 1. The van der Waals surface area contributed by atoms with E-state index in [1.54, 1.807) is 25.1 Å². The van der Waals surface area contributed by atoms with E-state index in [0.29, 0.717) is 10.7 Å². The molecule has 128 valence electrons. The van der Waals surface area contributed by atoms with Gasteiger partial charge in [0.15, 0.2) is 11.5 Å². The topological polar surface area (TPSA) is 57.6 Å². The van der Waals surface area contributed by atoms with Crippen molar-refractivity contribution in [2.45, 2.75) is 26.3 Å². The summed E-state index contributed by atoms with van der Waals surface area (Å²) < 4.78 is 0. The smallest absolute Gasteiger partial charge is 0.294 e. The lowest BCUT2D eigenvalue weighted by atomic mass is 9.94. The molecule has 0 bridgehead atoms. The molecular formula is C20H18ClNO3. The molecule has 0 spiro atoms. The number of hydrogen-bond acceptors (Lipinski definition) is 3. The molecule has 0 aromatic heterocycles. The molecule has 0 radical (unpaired) electrons. The van der Waals surface area contributed by atoms with Crippen LogP contribution >= 0.6 is 11.6 Å². The van der Waals surface area contributed by atoms with E-state index in [4.69, 9.17) is 11.6 Å². The molecule has 2 aromatic carbocycles. The van der Waals surface area contributed by atoms with Gasteiger partial charge in [0.2, 0.25) is 0 Å². The Labute approximate surface area is 151 Å². The predicted octanol–water partition coefficient (Wildman–Crippen LogP) is 4.53. The van der Waals surface area contributed by atoms with Crippen LogP contribution in [0.4, 0.5) is 5.69 Å². The Morgan fingerprint density at radius 2 is 1.84 bits per heavy atom. The summed E-state index contributed by atoms with van der Waals surface area (Å²) in [5.74, 6) is -1.32. The van der Waals surface area contributed by atoms with Crippen LogP contribution in [0.15, 0.2) is 59.9 Å². The van der Waals surface area contributed by atoms with Gasteiger partial charge in [0, 0.05) is 17.1 Å². The van der Waals surface area contributed by atoms with Crippen LogP contribution in [0.2, 0.25) is 5.02 Å². The van der Waals surface area contributed by atoms with Gasteiger partial charge in [0.05, 0.1) is 11.6 Å². The van der Waals surface area contributed by atoms with Gasteiger partial charge in [-0.2, -0.15) is 0 Å². The average molecular weight is 356 g/mol. The SMILES string of the molecule is CCC(=O)C1=C(O)C(=O)N(c2cccc(Cl)c2C)C1c1ccccc1. The zero-order valence-electron chi connectivity index (χ0n) is 14.0. The minimum Gasteiger partial charge on any atom is -0.503 e. The Morgan fingerprint density at radius 1 is 1.16 bits per heavy atom. The fourth-order valence-corrected chi connectivity index (χ4v) is 3.31. The Morgan fingerprint density at radius 3 is 2.48 bits per heavy atom. The van der Waals surface area contributed by atoms with E-state index in [-0.39, 0.29) is 17.8 Å². The lowest BCUT2D eigenvalue weighted by molar-refractivity contribution is -0.118. The fraction of sp³-hybridized carbons (Fsp3) is 0.200. The summed E-state index contributed by atoms with van der Waals surface area (Å²) in [7, 11) is 0. The van der Waals surface area contributed by atoms with Crippen LogP contribution in [0, 0.1) is 6.92 Å². The van der Waals surface area contributed by atoms with Gasteiger partial charge in [0.25, 0.3) is 5.91 Å². The monoisotopic (exact) mass is 355 g/mol. The minimum atomic E-state index is -0.668. The molecule has 1 unspecified atom stereocenters. The molecule has 1 atom stereocenters. The number of anilines is 1. The van der Waals surface area contributed by atoms with E-state index in [9.17, 15) is 14.7 Å². The van der Waals surface area contributed by atoms with Crippen molar-refractivity contribution in [2.24, 2.45) is 0 Å². The van der Waals surface area contributed by atoms with Crippen LogP contribution in [0.25, 0.3) is 0 Å². The highest BCUT2D eigenvalue weighted by molar-refractivity contribution is 6.32. The number of rotatable bonds is 4. The second-order valence-electron chi connectivity index (χ2n) is 5.91. The van der Waals surface area contributed by atoms with Gasteiger partial charge >= 0.3 is 0 Å². The molecule has 2 aromatic rings. The van der Waals surface area contributed by atoms with Gasteiger partial charge in [-0.1, -0.05) is 54.9 Å². The molecule has 4 nitrogen and oxygen atoms in total. The number of ketones is 1. The molecule has 25 heavy (non-hydrogen) atoms. The number of benzene rings is 2. The lowest BCUT2D eigenvalue weighted by Crippen LogP contribution is -2.31. The average Bonchev–Trinajstić information content (AvgIpc) is 2.89. The standard InChI is InChI=1S/C20H18ClNO3/c1-3-16(23)17-18(13-8-5-4-6-9-13)22(20(25)19(17)24)15-11-7-10-14(21)12(15)2/h4-11,18,24H,3H2,1-2H3. The van der Waals surface area contributed by atoms with E-state index in [0.717, 1.165) is 11.1 Å². The zero-order chi connectivity index (χ0) is 18.1. The second-order valence-corrected chi connectivity index (χ2v) is 6.32. The van der Waals surface area contributed by atoms with Crippen LogP contribution < -0.4 is 4.90 Å². The van der Waals surface area contributed by atoms with Gasteiger partial charge in [-0.25, -0.2) is 0 Å². The molecule has 0 saturated heterocycles. The first-order valence-corrected chi connectivity index (χ1v) is 8.45. The number of amides is 1. The van der Waals surface area contributed by atoms with Gasteiger partial charge in [-0.3, -0.25) is 14.5 Å². The third kappa shape index (κ3) is 2.83. The Hall–Kier alpha value is -2.59. The van der Waals surface area contributed by atoms with Crippen LogP contribution in [0.5, 0.6) is 0 Å². The third-order valence-electron chi connectivity index (χ3n) is 4.44. The Bertz CT molecular complexity index is 874. The number of carbonyl (C=O) groups excluding carboxylic acids is 2. The highest BCUT2D eigenvalue weighted by Gasteiger charge is 2.44. The van der Waals surface area contributed by atoms with Crippen LogP contribution in [-0.2, 0) is 9.59 Å². The minimum absolute atomic E-state index is 0.137. The van der Waals surface area contributed by atoms with Crippen LogP contribution in [-0.4, -0.2) is 16.8 Å². The molecule has 1 heterocycles. The number of hydrogen-bond donors (Lipinski definition) is 1. The number of carbonyl (C=O) groups is 2. The van der Waals surface area contributed by atoms with Crippen molar-refractivity contribution in [3.8, 4) is 0 Å². The molecule has 1 aliphatic rings. The maximum Gasteiger partial charge on any atom is 0.294 e. The summed E-state index contributed by atoms with van der Waals surface area (Å²) in [4.78, 5) is 26.7. The number of aliphatic hydroxyl groups excluding tert-OH is 1. The highest BCUT2D eigenvalue weighted by atomic mass is 35.5. The van der Waals surface area contributed by atoms with Crippen molar-refractivity contribution >= 4 is 29.0 Å². The predicted molar refractivity (Wildman–Crippen MR) is 97.8 cm³/mol. The van der Waals surface area contributed by atoms with E-state index >= 15 is 0 Å². The molecule has 3 rings (SSSR count). The van der Waals surface area contributed by atoms with Crippen molar-refractivity contribution < 1.29 is 14.7 Å². The first kappa shape index (κ1) is 17.2. The van der Waals surface area contributed by atoms with Gasteiger partial charge in [0.1, 0.15) is 0 Å². The van der Waals surface area contributed by atoms with Crippen LogP contribution in [0.1, 0.15) is 30.5 Å². The summed E-state index contributed by atoms with van der Waals surface area (Å²) in [6.45, 7) is 3.52. The molecule has 1 N–H and O–H groups in total. The second kappa shape index (κ2) is 6.73. The maximum absolute atomic E-state index is 12.8. The van der Waals surface area contributed by atoms with Crippen molar-refractivity contribution in [2.75, 3.05) is 4.90 Å². The molecule has 0 saturated carbocycles. The first-order valence-electron chi connectivity index (χ1n) is 8.07. The van der Waals surface area contributed by atoms with Crippen molar-refractivity contribution in [1.82, 2.24) is 0 Å². The van der Waals surface area contributed by atoms with Crippen molar-refractivity contribution in [3.05, 3.63) is 76.0 Å². The summed E-state index contributed by atoms with van der Waals surface area (Å²) in [5.41, 5.74) is 2.20. The fourth-order valence-electron chi connectivity index (χ4n) is 3.14. The number of halogens is 1. The van der Waals surface area contributed by atoms with Crippen molar-refractivity contribution in [3.63, 3.8) is 0 Å². The van der Waals surface area contributed by atoms with Crippen molar-refractivity contribution in [1.29, 1.82) is 0 Å². The molecule has 1 amide bonds. The first-order chi connectivity index (χ1) is 12.0. The summed E-state index contributed by atoms with van der Waals surface area (Å²) in [6.07, 6.45) is 0.207. The molecule has 0 fully saturated rings. The van der Waals surface area contributed by atoms with E-state index in [1.165, 1.54) is 4.90 Å². The van der Waals surface area contributed by atoms with Gasteiger partial charge in [-0.05, 0) is 30.2 Å². The van der Waals surface area contributed by atoms with E-state index < -0.39 is 17.7 Å². The molecule has 0 aliphatic carbocycles.